The Morgan fingerprint density at radius 3 is 2.45 bits per heavy atom. The molecule has 1 fully saturated rings. The van der Waals surface area contributed by atoms with Crippen molar-refractivity contribution in [2.75, 3.05) is 11.9 Å². The molecule has 4 rings (SSSR count). The molecule has 2 aromatic carbocycles. The molecule has 1 aliphatic carbocycles. The number of nitrogens with one attached hydrogen (secondary N) is 1. The van der Waals surface area contributed by atoms with E-state index in [0.717, 1.165) is 28.7 Å². The third-order valence-electron chi connectivity index (χ3n) is 5.52. The third-order valence-corrected chi connectivity index (χ3v) is 5.52. The maximum Gasteiger partial charge on any atom is 1.00 e. The van der Waals surface area contributed by atoms with Crippen molar-refractivity contribution in [1.29, 1.82) is 0 Å². The van der Waals surface area contributed by atoms with Gasteiger partial charge in [-0.1, -0.05) is 57.1 Å². The molecule has 0 spiro atoms. The fourth-order valence-corrected chi connectivity index (χ4v) is 3.68. The van der Waals surface area contributed by atoms with Crippen LogP contribution in [-0.4, -0.2) is 39.6 Å². The molecule has 7 nitrogen and oxygen atoms in total. The number of aliphatic imine (C=N–C) groups is 1. The van der Waals surface area contributed by atoms with Gasteiger partial charge in [0.25, 0.3) is 0 Å². The molecule has 194 valence electrons. The van der Waals surface area contributed by atoms with Crippen LogP contribution in [0.1, 0.15) is 80.3 Å². The second-order valence-electron chi connectivity index (χ2n) is 8.86. The second-order valence-corrected chi connectivity index (χ2v) is 8.86. The summed E-state index contributed by atoms with van der Waals surface area (Å²) in [5.74, 6) is -0.0356. The molecule has 1 aromatic heterocycles. The van der Waals surface area contributed by atoms with Crippen molar-refractivity contribution < 1.29 is 66.1 Å². The molecule has 38 heavy (non-hydrogen) atoms. The van der Waals surface area contributed by atoms with Gasteiger partial charge in [0, 0.05) is 12.4 Å². The van der Waals surface area contributed by atoms with E-state index in [-0.39, 0.29) is 69.7 Å². The number of unbranched alkanes of at least 4 members (excludes halogenated alkanes) is 1. The number of carboxylic acid groups (broad SMARTS) is 1. The van der Waals surface area contributed by atoms with Gasteiger partial charge in [-0.25, -0.2) is 21.7 Å². The van der Waals surface area contributed by atoms with Gasteiger partial charge in [-0.3, -0.25) is 10.9 Å². The molecule has 1 heterocycles. The van der Waals surface area contributed by atoms with Gasteiger partial charge in [0.05, 0.1) is 0 Å². The number of hydrogen-bond acceptors (Lipinski definition) is 6. The minimum absolute atomic E-state index is 0. The van der Waals surface area contributed by atoms with Crippen LogP contribution >= 0.6 is 0 Å². The Morgan fingerprint density at radius 1 is 1.16 bits per heavy atom. The summed E-state index contributed by atoms with van der Waals surface area (Å²) in [5, 5.41) is 11.3. The zero-order valence-electron chi connectivity index (χ0n) is 22.6. The van der Waals surface area contributed by atoms with Crippen molar-refractivity contribution >= 4 is 29.6 Å². The number of nitrogens with zero attached hydrogens (tertiary/aromatic N) is 3. The van der Waals surface area contributed by atoms with Gasteiger partial charge in [-0.05, 0) is 12.5 Å². The van der Waals surface area contributed by atoms with Crippen LogP contribution in [0.25, 0.3) is 11.1 Å². The van der Waals surface area contributed by atoms with E-state index in [1.165, 1.54) is 24.8 Å². The summed E-state index contributed by atoms with van der Waals surface area (Å²) in [4.78, 5) is 35.3. The molecule has 0 radical (unpaired) electrons. The molecule has 1 aliphatic rings. The number of carboxylic acids is 1. The van der Waals surface area contributed by atoms with Crippen molar-refractivity contribution in [3.8, 4) is 11.1 Å². The van der Waals surface area contributed by atoms with Gasteiger partial charge in [-0.2, -0.15) is 30.3 Å². The number of benzene rings is 2. The van der Waals surface area contributed by atoms with E-state index in [1.807, 2.05) is 24.3 Å². The van der Waals surface area contributed by atoms with Crippen molar-refractivity contribution in [3.05, 3.63) is 78.0 Å². The molecule has 8 heteroatoms. The van der Waals surface area contributed by atoms with E-state index in [1.54, 1.807) is 25.4 Å². The Balaban J connectivity index is 0.00000121. The third kappa shape index (κ3) is 10.1. The van der Waals surface area contributed by atoms with Gasteiger partial charge < -0.3 is 20.2 Å². The van der Waals surface area contributed by atoms with E-state index in [4.69, 9.17) is 5.11 Å². The SMILES string of the molecule is CC(=O)c1cccc(C2CC2)c1[CH-]CC[C-]=Nc1[c-]cc(-c2cnc(NCC(=O)O)nc2)cc1.CCC.[K+]. The first-order valence-corrected chi connectivity index (χ1v) is 12.6. The average molecular weight is 537 g/mol. The van der Waals surface area contributed by atoms with Crippen LogP contribution in [0.4, 0.5) is 11.6 Å². The first-order valence-electron chi connectivity index (χ1n) is 12.6. The number of aliphatic carboxylic acids is 1. The first-order chi connectivity index (χ1) is 17.9. The minimum Gasteiger partial charge on any atom is -0.482 e. The van der Waals surface area contributed by atoms with Crippen LogP contribution in [0.5, 0.6) is 0 Å². The van der Waals surface area contributed by atoms with Crippen molar-refractivity contribution in [3.63, 3.8) is 0 Å². The van der Waals surface area contributed by atoms with E-state index in [9.17, 15) is 9.59 Å². The van der Waals surface area contributed by atoms with Gasteiger partial charge in [0.2, 0.25) is 5.95 Å². The quantitative estimate of drug-likeness (QED) is 0.128. The smallest absolute Gasteiger partial charge is 0.482 e. The fourth-order valence-electron chi connectivity index (χ4n) is 3.68. The van der Waals surface area contributed by atoms with Crippen LogP contribution in [0.15, 0.2) is 53.8 Å². The number of ketones is 1. The van der Waals surface area contributed by atoms with Crippen molar-refractivity contribution in [2.45, 2.75) is 58.8 Å². The number of carbonyl (C=O) groups is 2. The number of carbonyl (C=O) groups excluding carboxylic acids is 1. The fraction of sp³-hybridized carbons (Fsp3) is 0.333. The topological polar surface area (TPSA) is 105 Å². The molecule has 2 N–H and O–H groups in total. The zero-order chi connectivity index (χ0) is 26.6. The Hall–Kier alpha value is -2.36. The van der Waals surface area contributed by atoms with Crippen LogP contribution in [-0.2, 0) is 4.79 Å². The van der Waals surface area contributed by atoms with Gasteiger partial charge in [-0.15, -0.1) is 29.7 Å². The molecule has 0 atom stereocenters. The van der Waals surface area contributed by atoms with Crippen LogP contribution < -0.4 is 56.7 Å². The van der Waals surface area contributed by atoms with Crippen molar-refractivity contribution in [2.24, 2.45) is 4.99 Å². The van der Waals surface area contributed by atoms with Gasteiger partial charge in [0.15, 0.2) is 0 Å². The van der Waals surface area contributed by atoms with Crippen LogP contribution in [0, 0.1) is 12.5 Å². The summed E-state index contributed by atoms with van der Waals surface area (Å²) >= 11 is 0. The Bertz CT molecular complexity index is 1210. The standard InChI is InChI=1S/C27H25N4O3.C3H8.K/c1-18(32)23-6-4-7-24(20-8-9-20)25(23)5-2-3-14-28-22-12-10-19(11-13-22)21-15-29-27(30-16-21)31-17-26(33)34;1-3-2;/h4-7,10-12,15-16,20H,2-3,8-9,17H2,1H3,(H,33,34)(H,29,30,31);3H2,1-2H3;/q-3;;+1. The second kappa shape index (κ2) is 16.6. The molecule has 0 saturated heterocycles. The summed E-state index contributed by atoms with van der Waals surface area (Å²) in [6, 6.07) is 14.7. The summed E-state index contributed by atoms with van der Waals surface area (Å²) in [5.41, 5.74) is 5.49. The summed E-state index contributed by atoms with van der Waals surface area (Å²) in [6.45, 7) is 5.63. The normalized spacial score (nSPS) is 12.2. The molecule has 0 bridgehead atoms. The number of hydrogen-bond donors (Lipinski definition) is 2. The summed E-state index contributed by atoms with van der Waals surface area (Å²) < 4.78 is 0. The Labute approximate surface area is 268 Å². The predicted molar refractivity (Wildman–Crippen MR) is 147 cm³/mol. The maximum absolute atomic E-state index is 12.0. The average Bonchev–Trinajstić information content (AvgIpc) is 3.74. The number of aromatic nitrogens is 2. The number of anilines is 1. The molecule has 3 aromatic rings. The molecule has 0 unspecified atom stereocenters. The maximum atomic E-state index is 12.0. The van der Waals surface area contributed by atoms with E-state index in [0.29, 0.717) is 18.0 Å². The Morgan fingerprint density at radius 2 is 1.87 bits per heavy atom. The number of Topliss-reactive ketones (excluding diaryl/α,β-unsaturated/α-hetero) is 1. The Kier molecular flexibility index (Phi) is 13.9. The zero-order valence-corrected chi connectivity index (χ0v) is 25.7. The first kappa shape index (κ1) is 31.9. The van der Waals surface area contributed by atoms with Crippen molar-refractivity contribution in [1.82, 2.24) is 9.97 Å². The molecule has 0 amide bonds. The van der Waals surface area contributed by atoms with Crippen LogP contribution in [0.3, 0.4) is 0 Å². The predicted octanol–water partition coefficient (Wildman–Crippen LogP) is 3.55. The largest absolute Gasteiger partial charge is 1.00 e. The molecule has 0 aliphatic heterocycles. The summed E-state index contributed by atoms with van der Waals surface area (Å²) in [6.07, 6.45) is 13.5. The van der Waals surface area contributed by atoms with E-state index < -0.39 is 5.97 Å². The van der Waals surface area contributed by atoms with Gasteiger partial charge in [0.1, 0.15) is 12.3 Å². The molecular formula is C30H33KN4O3-2. The molecule has 1 saturated carbocycles. The van der Waals surface area contributed by atoms with Crippen LogP contribution in [0.2, 0.25) is 0 Å². The monoisotopic (exact) mass is 536 g/mol. The molecular weight excluding hydrogens is 503 g/mol. The van der Waals surface area contributed by atoms with Gasteiger partial charge >= 0.3 is 57.4 Å². The van der Waals surface area contributed by atoms with E-state index >= 15 is 0 Å². The number of rotatable bonds is 11. The summed E-state index contributed by atoms with van der Waals surface area (Å²) in [7, 11) is 0. The minimum atomic E-state index is -0.975. The van der Waals surface area contributed by atoms with E-state index in [2.05, 4.69) is 58.9 Å².